The molecule has 0 saturated carbocycles. The van der Waals surface area contributed by atoms with Crippen LogP contribution in [0.5, 0.6) is 0 Å². The number of H-pyrrole nitrogens is 1. The lowest BCUT2D eigenvalue weighted by atomic mass is 10.6. The number of aliphatic hydroxyl groups is 1. The Kier molecular flexibility index (Phi) is 2.47. The first kappa shape index (κ1) is 9.17. The van der Waals surface area contributed by atoms with E-state index in [1.807, 2.05) is 0 Å². The van der Waals surface area contributed by atoms with Crippen molar-refractivity contribution < 1.29 is 5.11 Å². The average molecular weight is 214 g/mol. The highest BCUT2D eigenvalue weighted by atomic mass is 35.5. The van der Waals surface area contributed by atoms with Crippen molar-refractivity contribution in [1.82, 2.24) is 19.9 Å². The molecule has 0 spiro atoms. The average Bonchev–Trinajstić information content (AvgIpc) is 2.56. The lowest BCUT2D eigenvalue weighted by Gasteiger charge is -1.96. The number of rotatable bonds is 3. The molecule has 0 aliphatic carbocycles. The van der Waals surface area contributed by atoms with Crippen LogP contribution in [-0.2, 0) is 0 Å². The number of imidazole rings is 1. The maximum Gasteiger partial charge on any atom is 0.224 e. The van der Waals surface area contributed by atoms with Gasteiger partial charge < -0.3 is 15.4 Å². The van der Waals surface area contributed by atoms with E-state index in [4.69, 9.17) is 16.7 Å². The topological polar surface area (TPSA) is 86.7 Å². The van der Waals surface area contributed by atoms with E-state index in [1.165, 1.54) is 0 Å². The summed E-state index contributed by atoms with van der Waals surface area (Å²) in [6, 6.07) is 0. The van der Waals surface area contributed by atoms with Gasteiger partial charge in [-0.15, -0.1) is 0 Å². The fourth-order valence-electron chi connectivity index (χ4n) is 1.04. The van der Waals surface area contributed by atoms with Crippen molar-refractivity contribution in [3.63, 3.8) is 0 Å². The summed E-state index contributed by atoms with van der Waals surface area (Å²) in [7, 11) is 0. The van der Waals surface area contributed by atoms with Crippen molar-refractivity contribution in [1.29, 1.82) is 0 Å². The number of nitrogens with one attached hydrogen (secondary N) is 2. The molecule has 2 rings (SSSR count). The highest BCUT2D eigenvalue weighted by Gasteiger charge is 2.03. The summed E-state index contributed by atoms with van der Waals surface area (Å²) in [6.45, 7) is 0.477. The van der Waals surface area contributed by atoms with Crippen LogP contribution in [0, 0.1) is 0 Å². The first-order valence-electron chi connectivity index (χ1n) is 4.02. The second-order valence-corrected chi connectivity index (χ2v) is 2.95. The fourth-order valence-corrected chi connectivity index (χ4v) is 1.17. The predicted molar refractivity (Wildman–Crippen MR) is 52.3 cm³/mol. The summed E-state index contributed by atoms with van der Waals surface area (Å²) >= 11 is 5.60. The van der Waals surface area contributed by atoms with Crippen LogP contribution in [0.15, 0.2) is 6.20 Å². The Morgan fingerprint density at radius 2 is 2.36 bits per heavy atom. The molecule has 7 heteroatoms. The summed E-state index contributed by atoms with van der Waals surface area (Å²) in [4.78, 5) is 14.8. The Bertz CT molecular complexity index is 443. The maximum atomic E-state index is 8.59. The zero-order chi connectivity index (χ0) is 9.97. The van der Waals surface area contributed by atoms with E-state index in [2.05, 4.69) is 25.3 Å². The van der Waals surface area contributed by atoms with Crippen molar-refractivity contribution in [2.75, 3.05) is 18.5 Å². The Balaban J connectivity index is 2.32. The maximum absolute atomic E-state index is 8.59. The van der Waals surface area contributed by atoms with Crippen molar-refractivity contribution in [2.24, 2.45) is 0 Å². The number of anilines is 1. The first-order chi connectivity index (χ1) is 6.79. The second-order valence-electron chi connectivity index (χ2n) is 2.61. The summed E-state index contributed by atoms with van der Waals surface area (Å²) in [5.41, 5.74) is 1.21. The number of hydrogen-bond acceptors (Lipinski definition) is 5. The minimum absolute atomic E-state index is 0.0451. The lowest BCUT2D eigenvalue weighted by molar-refractivity contribution is 0.311. The first-order valence-corrected chi connectivity index (χ1v) is 4.40. The summed E-state index contributed by atoms with van der Waals surface area (Å²) in [5.74, 6) is 0.547. The second kappa shape index (κ2) is 3.77. The van der Waals surface area contributed by atoms with Crippen LogP contribution in [0.4, 0.5) is 5.95 Å². The smallest absolute Gasteiger partial charge is 0.224 e. The molecule has 0 bridgehead atoms. The van der Waals surface area contributed by atoms with E-state index in [0.29, 0.717) is 23.7 Å². The highest BCUT2D eigenvalue weighted by Crippen LogP contribution is 2.12. The summed E-state index contributed by atoms with van der Waals surface area (Å²) < 4.78 is 0. The van der Waals surface area contributed by atoms with Crippen LogP contribution in [0.2, 0.25) is 5.28 Å². The zero-order valence-corrected chi connectivity index (χ0v) is 7.91. The molecule has 0 atom stereocenters. The van der Waals surface area contributed by atoms with Gasteiger partial charge in [0.25, 0.3) is 0 Å². The normalized spacial score (nSPS) is 10.7. The molecule has 14 heavy (non-hydrogen) atoms. The molecule has 0 aliphatic heterocycles. The number of halogens is 1. The third-order valence-corrected chi connectivity index (χ3v) is 1.80. The Hall–Kier alpha value is -1.40. The number of hydrogen-bond donors (Lipinski definition) is 3. The molecule has 0 saturated heterocycles. The molecule has 74 valence electrons. The van der Waals surface area contributed by atoms with Crippen LogP contribution < -0.4 is 5.32 Å². The highest BCUT2D eigenvalue weighted by molar-refractivity contribution is 6.28. The van der Waals surface area contributed by atoms with E-state index in [-0.39, 0.29) is 11.9 Å². The molecule has 0 radical (unpaired) electrons. The van der Waals surface area contributed by atoms with Gasteiger partial charge >= 0.3 is 0 Å². The molecule has 6 nitrogen and oxygen atoms in total. The molecule has 2 heterocycles. The molecule has 0 amide bonds. The fraction of sp³-hybridized carbons (Fsp3) is 0.286. The molecule has 3 N–H and O–H groups in total. The molecular weight excluding hydrogens is 206 g/mol. The van der Waals surface area contributed by atoms with Gasteiger partial charge in [0, 0.05) is 6.54 Å². The van der Waals surface area contributed by atoms with Gasteiger partial charge in [-0.1, -0.05) is 0 Å². The van der Waals surface area contributed by atoms with Crippen molar-refractivity contribution >= 4 is 28.7 Å². The molecule has 0 aromatic carbocycles. The van der Waals surface area contributed by atoms with Gasteiger partial charge in [0.05, 0.1) is 12.8 Å². The Morgan fingerprint density at radius 3 is 3.14 bits per heavy atom. The molecular formula is C7H8ClN5O. The Morgan fingerprint density at radius 1 is 1.50 bits per heavy atom. The molecule has 0 fully saturated rings. The minimum atomic E-state index is 0.0451. The summed E-state index contributed by atoms with van der Waals surface area (Å²) in [6.07, 6.45) is 1.56. The van der Waals surface area contributed by atoms with E-state index in [9.17, 15) is 0 Å². The van der Waals surface area contributed by atoms with Crippen molar-refractivity contribution in [3.05, 3.63) is 11.5 Å². The van der Waals surface area contributed by atoms with Gasteiger partial charge in [-0.05, 0) is 11.6 Å². The van der Waals surface area contributed by atoms with E-state index >= 15 is 0 Å². The van der Waals surface area contributed by atoms with Crippen molar-refractivity contribution in [3.8, 4) is 0 Å². The van der Waals surface area contributed by atoms with Gasteiger partial charge in [0.2, 0.25) is 11.2 Å². The number of fused-ring (bicyclic) bond motifs is 1. The number of aromatic amines is 1. The SMILES string of the molecule is OCCNc1nc2nc(Cl)ncc2[nH]1. The van der Waals surface area contributed by atoms with Gasteiger partial charge in [0.15, 0.2) is 5.65 Å². The third kappa shape index (κ3) is 1.75. The van der Waals surface area contributed by atoms with E-state index in [1.54, 1.807) is 6.20 Å². The largest absolute Gasteiger partial charge is 0.395 e. The third-order valence-electron chi connectivity index (χ3n) is 1.61. The molecule has 0 aliphatic rings. The van der Waals surface area contributed by atoms with Crippen LogP contribution in [0.1, 0.15) is 0 Å². The molecule has 2 aromatic heterocycles. The van der Waals surface area contributed by atoms with Gasteiger partial charge in [-0.3, -0.25) is 0 Å². The van der Waals surface area contributed by atoms with Gasteiger partial charge in [0.1, 0.15) is 5.52 Å². The number of aromatic nitrogens is 4. The van der Waals surface area contributed by atoms with Crippen LogP contribution >= 0.6 is 11.6 Å². The van der Waals surface area contributed by atoms with Crippen LogP contribution in [-0.4, -0.2) is 38.2 Å². The lowest BCUT2D eigenvalue weighted by Crippen LogP contribution is -2.06. The Labute approximate surface area is 84.4 Å². The quantitative estimate of drug-likeness (QED) is 0.643. The van der Waals surface area contributed by atoms with Crippen LogP contribution in [0.25, 0.3) is 11.2 Å². The standard InChI is InChI=1S/C7H8ClN5O/c8-6-10-3-4-5(12-6)13-7(11-4)9-1-2-14/h3,14H,1-2H2,(H2,9,10,11,12,13). The number of aliphatic hydroxyl groups excluding tert-OH is 1. The summed E-state index contributed by atoms with van der Waals surface area (Å²) in [5, 5.41) is 11.6. The molecule has 2 aromatic rings. The molecule has 0 unspecified atom stereocenters. The van der Waals surface area contributed by atoms with Gasteiger partial charge in [-0.2, -0.15) is 9.97 Å². The van der Waals surface area contributed by atoms with E-state index in [0.717, 1.165) is 0 Å². The predicted octanol–water partition coefficient (Wildman–Crippen LogP) is 0.410. The van der Waals surface area contributed by atoms with Crippen LogP contribution in [0.3, 0.4) is 0 Å². The minimum Gasteiger partial charge on any atom is -0.395 e. The van der Waals surface area contributed by atoms with Crippen molar-refractivity contribution in [2.45, 2.75) is 0 Å². The van der Waals surface area contributed by atoms with Gasteiger partial charge in [-0.25, -0.2) is 4.98 Å². The zero-order valence-electron chi connectivity index (χ0n) is 7.16. The number of nitrogens with zero attached hydrogens (tertiary/aromatic N) is 3. The van der Waals surface area contributed by atoms with E-state index < -0.39 is 0 Å². The monoisotopic (exact) mass is 213 g/mol.